The van der Waals surface area contributed by atoms with Crippen LogP contribution >= 0.6 is 0 Å². The number of nitrogen functional groups attached to an aromatic ring is 1. The molecule has 0 unspecified atom stereocenters. The van der Waals surface area contributed by atoms with Crippen molar-refractivity contribution in [2.75, 3.05) is 23.8 Å². The van der Waals surface area contributed by atoms with E-state index >= 15 is 0 Å². The van der Waals surface area contributed by atoms with E-state index in [-0.39, 0.29) is 5.41 Å². The molecular weight excluding hydrogens is 434 g/mol. The number of aliphatic imine (C=N–C) groups is 1. The van der Waals surface area contributed by atoms with Crippen molar-refractivity contribution in [3.8, 4) is 16.9 Å². The number of hydrogen-bond donors (Lipinski definition) is 1. The van der Waals surface area contributed by atoms with E-state index in [1.165, 1.54) is 33.5 Å². The molecule has 3 aromatic rings. The van der Waals surface area contributed by atoms with E-state index in [4.69, 9.17) is 20.4 Å². The number of rotatable bonds is 2. The molecule has 2 aromatic carbocycles. The molecule has 180 valence electrons. The predicted octanol–water partition coefficient (Wildman–Crippen LogP) is 5.60. The molecule has 0 atom stereocenters. The highest BCUT2D eigenvalue weighted by Crippen LogP contribution is 2.40. The standard InChI is InChI=1S/C29H33N5O/c1-17-11-21(19-5-6-20-12-18(2)31-25(20)14-19)13-22-16-34(9-10-35-26(17)22)27-23-15-29(3,4)8-7-24(23)32-28(30)33-27/h5-6,11,13-14H,7-10,12,15-16H2,1-4H3,(H2,30,32,33). The van der Waals surface area contributed by atoms with E-state index in [1.807, 2.05) is 0 Å². The zero-order valence-electron chi connectivity index (χ0n) is 21.1. The third-order valence-corrected chi connectivity index (χ3v) is 7.58. The Morgan fingerprint density at radius 1 is 1.03 bits per heavy atom. The van der Waals surface area contributed by atoms with Crippen molar-refractivity contribution in [1.29, 1.82) is 0 Å². The van der Waals surface area contributed by atoms with Crippen LogP contribution < -0.4 is 15.4 Å². The Balaban J connectivity index is 1.39. The van der Waals surface area contributed by atoms with Crippen molar-refractivity contribution in [3.05, 3.63) is 58.3 Å². The molecule has 3 heterocycles. The van der Waals surface area contributed by atoms with Crippen molar-refractivity contribution >= 4 is 23.2 Å². The molecule has 0 spiro atoms. The van der Waals surface area contributed by atoms with Gasteiger partial charge in [0.25, 0.3) is 0 Å². The van der Waals surface area contributed by atoms with Gasteiger partial charge in [0.2, 0.25) is 5.95 Å². The molecule has 0 bridgehead atoms. The van der Waals surface area contributed by atoms with Gasteiger partial charge in [0, 0.05) is 29.8 Å². The summed E-state index contributed by atoms with van der Waals surface area (Å²) in [6, 6.07) is 11.1. The average molecular weight is 468 g/mol. The SMILES string of the molecule is CC1=Nc2cc(-c3cc(C)c4c(c3)CN(c3nc(N)nc5c3CC(C)(C)CC5)CCO4)ccc2C1. The molecule has 2 aliphatic heterocycles. The van der Waals surface area contributed by atoms with Gasteiger partial charge in [0.15, 0.2) is 0 Å². The van der Waals surface area contributed by atoms with Crippen LogP contribution in [0.15, 0.2) is 35.3 Å². The highest BCUT2D eigenvalue weighted by Gasteiger charge is 2.31. The van der Waals surface area contributed by atoms with Crippen molar-refractivity contribution < 1.29 is 4.74 Å². The van der Waals surface area contributed by atoms with Gasteiger partial charge in [-0.1, -0.05) is 26.0 Å². The zero-order chi connectivity index (χ0) is 24.3. The summed E-state index contributed by atoms with van der Waals surface area (Å²) in [5.41, 5.74) is 17.1. The Kier molecular flexibility index (Phi) is 5.09. The van der Waals surface area contributed by atoms with Crippen LogP contribution in [0.25, 0.3) is 11.1 Å². The predicted molar refractivity (Wildman–Crippen MR) is 142 cm³/mol. The number of nitrogens with zero attached hydrogens (tertiary/aromatic N) is 4. The maximum Gasteiger partial charge on any atom is 0.222 e. The molecule has 2 N–H and O–H groups in total. The summed E-state index contributed by atoms with van der Waals surface area (Å²) in [6.07, 6.45) is 3.99. The second kappa shape index (κ2) is 8.08. The lowest BCUT2D eigenvalue weighted by Gasteiger charge is -2.34. The number of aromatic nitrogens is 2. The minimum Gasteiger partial charge on any atom is -0.491 e. The lowest BCUT2D eigenvalue weighted by atomic mass is 9.76. The van der Waals surface area contributed by atoms with Crippen molar-refractivity contribution in [3.63, 3.8) is 0 Å². The summed E-state index contributed by atoms with van der Waals surface area (Å²) in [7, 11) is 0. The smallest absolute Gasteiger partial charge is 0.222 e. The number of nitrogens with two attached hydrogens (primary N) is 1. The molecule has 0 saturated heterocycles. The molecule has 6 heteroatoms. The fourth-order valence-electron chi connectivity index (χ4n) is 5.79. The largest absolute Gasteiger partial charge is 0.491 e. The number of aryl methyl sites for hydroxylation is 2. The first-order valence-corrected chi connectivity index (χ1v) is 12.6. The molecule has 3 aliphatic rings. The first kappa shape index (κ1) is 22.1. The van der Waals surface area contributed by atoms with Gasteiger partial charge in [-0.05, 0) is 79.0 Å². The first-order chi connectivity index (χ1) is 16.8. The fraction of sp³-hybridized carbons (Fsp3) is 0.414. The van der Waals surface area contributed by atoms with Gasteiger partial charge < -0.3 is 15.4 Å². The number of ether oxygens (including phenoxy) is 1. The monoisotopic (exact) mass is 467 g/mol. The Bertz CT molecular complexity index is 1370. The Hall–Kier alpha value is -3.41. The molecule has 0 radical (unpaired) electrons. The summed E-state index contributed by atoms with van der Waals surface area (Å²) in [5.74, 6) is 2.33. The van der Waals surface area contributed by atoms with Gasteiger partial charge >= 0.3 is 0 Å². The van der Waals surface area contributed by atoms with Crippen LogP contribution in [-0.4, -0.2) is 28.8 Å². The van der Waals surface area contributed by atoms with Crippen LogP contribution in [0.4, 0.5) is 17.5 Å². The highest BCUT2D eigenvalue weighted by molar-refractivity contribution is 5.93. The topological polar surface area (TPSA) is 76.6 Å². The van der Waals surface area contributed by atoms with Crippen LogP contribution in [0.2, 0.25) is 0 Å². The summed E-state index contributed by atoms with van der Waals surface area (Å²) < 4.78 is 6.29. The number of hydrogen-bond acceptors (Lipinski definition) is 6. The lowest BCUT2D eigenvalue weighted by molar-refractivity contribution is 0.311. The molecule has 6 rings (SSSR count). The molecule has 0 amide bonds. The number of anilines is 2. The van der Waals surface area contributed by atoms with E-state index in [0.29, 0.717) is 12.6 Å². The molecule has 6 nitrogen and oxygen atoms in total. The fourth-order valence-corrected chi connectivity index (χ4v) is 5.79. The van der Waals surface area contributed by atoms with Gasteiger partial charge in [0.1, 0.15) is 18.2 Å². The highest BCUT2D eigenvalue weighted by atomic mass is 16.5. The minimum absolute atomic E-state index is 0.236. The molecule has 0 saturated carbocycles. The molecule has 35 heavy (non-hydrogen) atoms. The summed E-state index contributed by atoms with van der Waals surface area (Å²) in [4.78, 5) is 16.4. The molecular formula is C29H33N5O. The molecule has 0 fully saturated rings. The second-order valence-corrected chi connectivity index (χ2v) is 11.1. The third-order valence-electron chi connectivity index (χ3n) is 7.58. The Labute approximate surface area is 207 Å². The van der Waals surface area contributed by atoms with Crippen molar-refractivity contribution in [2.45, 2.75) is 59.9 Å². The van der Waals surface area contributed by atoms with Gasteiger partial charge in [-0.15, -0.1) is 0 Å². The lowest BCUT2D eigenvalue weighted by Crippen LogP contribution is -2.31. The van der Waals surface area contributed by atoms with E-state index in [2.05, 4.69) is 67.9 Å². The summed E-state index contributed by atoms with van der Waals surface area (Å²) in [6.45, 7) is 11.0. The maximum absolute atomic E-state index is 6.29. The zero-order valence-corrected chi connectivity index (χ0v) is 21.1. The summed E-state index contributed by atoms with van der Waals surface area (Å²) in [5, 5.41) is 0. The van der Waals surface area contributed by atoms with Crippen LogP contribution in [0.3, 0.4) is 0 Å². The normalized spacial score (nSPS) is 18.2. The van der Waals surface area contributed by atoms with E-state index in [0.717, 1.165) is 67.3 Å². The van der Waals surface area contributed by atoms with E-state index in [1.54, 1.807) is 0 Å². The molecule has 1 aromatic heterocycles. The van der Waals surface area contributed by atoms with Crippen LogP contribution in [0.5, 0.6) is 5.75 Å². The Morgan fingerprint density at radius 2 is 1.89 bits per heavy atom. The van der Waals surface area contributed by atoms with Gasteiger partial charge in [-0.25, -0.2) is 4.98 Å². The third kappa shape index (κ3) is 4.05. The van der Waals surface area contributed by atoms with Gasteiger partial charge in [-0.2, -0.15) is 4.98 Å². The second-order valence-electron chi connectivity index (χ2n) is 11.1. The van der Waals surface area contributed by atoms with Crippen molar-refractivity contribution in [1.82, 2.24) is 9.97 Å². The van der Waals surface area contributed by atoms with E-state index in [9.17, 15) is 0 Å². The number of benzene rings is 2. The van der Waals surface area contributed by atoms with Crippen LogP contribution in [-0.2, 0) is 25.8 Å². The Morgan fingerprint density at radius 3 is 2.74 bits per heavy atom. The van der Waals surface area contributed by atoms with Gasteiger partial charge in [0.05, 0.1) is 17.9 Å². The maximum atomic E-state index is 6.29. The van der Waals surface area contributed by atoms with E-state index < -0.39 is 0 Å². The number of fused-ring (bicyclic) bond motifs is 3. The van der Waals surface area contributed by atoms with Crippen LogP contribution in [0, 0.1) is 12.3 Å². The quantitative estimate of drug-likeness (QED) is 0.531. The minimum atomic E-state index is 0.236. The average Bonchev–Trinajstić information content (AvgIpc) is 3.04. The van der Waals surface area contributed by atoms with Crippen molar-refractivity contribution in [2.24, 2.45) is 10.4 Å². The summed E-state index contributed by atoms with van der Waals surface area (Å²) >= 11 is 0. The van der Waals surface area contributed by atoms with Gasteiger partial charge in [-0.3, -0.25) is 4.99 Å². The van der Waals surface area contributed by atoms with Crippen LogP contribution in [0.1, 0.15) is 55.1 Å². The first-order valence-electron chi connectivity index (χ1n) is 12.6. The molecule has 1 aliphatic carbocycles.